The number of thioether (sulfide) groups is 1. The van der Waals surface area contributed by atoms with Gasteiger partial charge in [0.25, 0.3) is 0 Å². The van der Waals surface area contributed by atoms with Crippen LogP contribution in [0.5, 0.6) is 0 Å². The van der Waals surface area contributed by atoms with Crippen LogP contribution >= 0.6 is 23.1 Å². The van der Waals surface area contributed by atoms with Crippen LogP contribution in [0.25, 0.3) is 0 Å². The number of nitrogens with zero attached hydrogens (tertiary/aromatic N) is 4. The summed E-state index contributed by atoms with van der Waals surface area (Å²) in [6, 6.07) is 8.78. The summed E-state index contributed by atoms with van der Waals surface area (Å²) in [7, 11) is 0. The van der Waals surface area contributed by atoms with E-state index in [0.29, 0.717) is 15.5 Å². The minimum atomic E-state index is -0.981. The molecule has 2 aromatic heterocycles. The number of pyridine rings is 1. The van der Waals surface area contributed by atoms with Crippen LogP contribution in [0.15, 0.2) is 46.0 Å². The van der Waals surface area contributed by atoms with E-state index in [1.54, 1.807) is 6.92 Å². The molecule has 12 heteroatoms. The van der Waals surface area contributed by atoms with E-state index < -0.39 is 16.8 Å². The molecule has 2 aromatic rings. The Morgan fingerprint density at radius 3 is 2.86 bits per heavy atom. The van der Waals surface area contributed by atoms with Crippen LogP contribution < -0.4 is 5.73 Å². The minimum absolute atomic E-state index is 0.0353. The Morgan fingerprint density at radius 2 is 2.20 bits per heavy atom. The van der Waals surface area contributed by atoms with Crippen molar-refractivity contribution < 1.29 is 19.2 Å². The Balaban J connectivity index is 1.76. The Bertz CT molecular complexity index is 1370. The maximum atomic E-state index is 13.0. The van der Waals surface area contributed by atoms with Crippen molar-refractivity contribution in [1.82, 2.24) is 4.98 Å². The van der Waals surface area contributed by atoms with Crippen LogP contribution in [0, 0.1) is 32.8 Å². The SMILES string of the molecule is CCOC(=O)C1=C(CSc2nc3c(cc2C#N)CCC3)OC(N)=C(C#N)C1c1ccc([N+](=O)[O-])s1. The monoisotopic (exact) mass is 509 g/mol. The lowest BCUT2D eigenvalue weighted by Gasteiger charge is -2.27. The van der Waals surface area contributed by atoms with Gasteiger partial charge in [0.1, 0.15) is 28.5 Å². The van der Waals surface area contributed by atoms with Crippen molar-refractivity contribution in [3.63, 3.8) is 0 Å². The number of aryl methyl sites for hydroxylation is 2. The summed E-state index contributed by atoms with van der Waals surface area (Å²) in [5.74, 6) is -1.66. The van der Waals surface area contributed by atoms with Crippen LogP contribution in [0.2, 0.25) is 0 Å². The third-order valence-electron chi connectivity index (χ3n) is 5.55. The van der Waals surface area contributed by atoms with Crippen molar-refractivity contribution in [2.45, 2.75) is 37.1 Å². The van der Waals surface area contributed by atoms with E-state index in [1.807, 2.05) is 12.1 Å². The van der Waals surface area contributed by atoms with Gasteiger partial charge in [-0.2, -0.15) is 10.5 Å². The number of rotatable bonds is 7. The molecule has 0 bridgehead atoms. The van der Waals surface area contributed by atoms with Crippen LogP contribution in [0.4, 0.5) is 5.00 Å². The number of fused-ring (bicyclic) bond motifs is 1. The van der Waals surface area contributed by atoms with Gasteiger partial charge in [-0.3, -0.25) is 10.1 Å². The van der Waals surface area contributed by atoms with Gasteiger partial charge in [-0.15, -0.1) is 0 Å². The number of hydrogen-bond acceptors (Lipinski definition) is 11. The molecule has 0 aromatic carbocycles. The predicted octanol–water partition coefficient (Wildman–Crippen LogP) is 3.83. The van der Waals surface area contributed by atoms with Gasteiger partial charge in [0.05, 0.1) is 34.3 Å². The number of aromatic nitrogens is 1. The van der Waals surface area contributed by atoms with Crippen molar-refractivity contribution in [3.05, 3.63) is 72.8 Å². The molecular formula is C23H19N5O5S2. The molecule has 0 saturated heterocycles. The molecule has 0 spiro atoms. The molecule has 178 valence electrons. The van der Waals surface area contributed by atoms with Crippen LogP contribution in [-0.4, -0.2) is 28.2 Å². The number of esters is 1. The van der Waals surface area contributed by atoms with E-state index in [4.69, 9.17) is 15.2 Å². The lowest BCUT2D eigenvalue weighted by molar-refractivity contribution is -0.380. The molecule has 35 heavy (non-hydrogen) atoms. The average Bonchev–Trinajstić information content (AvgIpc) is 3.51. The van der Waals surface area contributed by atoms with Gasteiger partial charge < -0.3 is 15.2 Å². The van der Waals surface area contributed by atoms with Crippen molar-refractivity contribution in [2.24, 2.45) is 5.73 Å². The van der Waals surface area contributed by atoms with E-state index in [2.05, 4.69) is 11.1 Å². The van der Waals surface area contributed by atoms with Crippen molar-refractivity contribution in [1.29, 1.82) is 10.5 Å². The highest BCUT2D eigenvalue weighted by Gasteiger charge is 2.39. The fourth-order valence-corrected chi connectivity index (χ4v) is 5.87. The second-order valence-electron chi connectivity index (χ2n) is 7.62. The number of nitro groups is 1. The molecule has 0 saturated carbocycles. The van der Waals surface area contributed by atoms with Crippen molar-refractivity contribution in [2.75, 3.05) is 12.4 Å². The molecule has 2 N–H and O–H groups in total. The molecule has 1 aliphatic carbocycles. The minimum Gasteiger partial charge on any atom is -0.463 e. The molecule has 4 rings (SSSR count). The average molecular weight is 510 g/mol. The van der Waals surface area contributed by atoms with Crippen molar-refractivity contribution >= 4 is 34.1 Å². The largest absolute Gasteiger partial charge is 0.463 e. The highest BCUT2D eigenvalue weighted by Crippen LogP contribution is 2.44. The van der Waals surface area contributed by atoms with E-state index in [0.717, 1.165) is 41.9 Å². The third-order valence-corrected chi connectivity index (χ3v) is 7.64. The number of carbonyl (C=O) groups is 1. The second-order valence-corrected chi connectivity index (χ2v) is 9.67. The molecular weight excluding hydrogens is 490 g/mol. The van der Waals surface area contributed by atoms with Gasteiger partial charge in [0, 0.05) is 16.6 Å². The standard InChI is InChI=1S/C23H19N5O5S2/c1-2-32-23(29)20-16(11-34-22-13(9-24)8-12-4-3-5-15(12)27-22)33-21(26)14(10-25)19(20)17-6-7-18(35-17)28(30)31/h6-8,19H,2-5,11,26H2,1H3. The lowest BCUT2D eigenvalue weighted by atomic mass is 9.87. The summed E-state index contributed by atoms with van der Waals surface area (Å²) in [5.41, 5.74) is 8.50. The summed E-state index contributed by atoms with van der Waals surface area (Å²) in [6.45, 7) is 1.72. The number of carbonyl (C=O) groups excluding carboxylic acids is 1. The number of thiophene rings is 1. The van der Waals surface area contributed by atoms with Gasteiger partial charge in [0.15, 0.2) is 0 Å². The van der Waals surface area contributed by atoms with E-state index in [-0.39, 0.29) is 40.1 Å². The zero-order chi connectivity index (χ0) is 25.1. The zero-order valence-corrected chi connectivity index (χ0v) is 20.2. The maximum Gasteiger partial charge on any atom is 0.338 e. The normalized spacial score (nSPS) is 16.8. The maximum absolute atomic E-state index is 13.0. The smallest absolute Gasteiger partial charge is 0.338 e. The second kappa shape index (κ2) is 10.2. The predicted molar refractivity (Wildman–Crippen MR) is 127 cm³/mol. The quantitative estimate of drug-likeness (QED) is 0.251. The molecule has 3 heterocycles. The molecule has 10 nitrogen and oxygen atoms in total. The molecule has 1 aliphatic heterocycles. The fourth-order valence-electron chi connectivity index (χ4n) is 4.01. The summed E-state index contributed by atoms with van der Waals surface area (Å²) in [4.78, 5) is 28.8. The van der Waals surface area contributed by atoms with Gasteiger partial charge in [-0.05, 0) is 43.9 Å². The number of hydrogen-bond donors (Lipinski definition) is 1. The number of allylic oxidation sites excluding steroid dienone is 1. The number of ether oxygens (including phenoxy) is 2. The van der Waals surface area contributed by atoms with E-state index in [9.17, 15) is 25.4 Å². The van der Waals surface area contributed by atoms with Gasteiger partial charge in [0.2, 0.25) is 5.88 Å². The van der Waals surface area contributed by atoms with E-state index >= 15 is 0 Å². The summed E-state index contributed by atoms with van der Waals surface area (Å²) < 4.78 is 11.0. The first kappa shape index (κ1) is 24.3. The Morgan fingerprint density at radius 1 is 1.40 bits per heavy atom. The Labute approximate surface area is 208 Å². The molecule has 1 atom stereocenters. The highest BCUT2D eigenvalue weighted by molar-refractivity contribution is 7.99. The van der Waals surface area contributed by atoms with Crippen LogP contribution in [-0.2, 0) is 27.1 Å². The topological polar surface area (TPSA) is 165 Å². The summed E-state index contributed by atoms with van der Waals surface area (Å²) >= 11 is 2.06. The summed E-state index contributed by atoms with van der Waals surface area (Å²) in [6.07, 6.45) is 2.70. The van der Waals surface area contributed by atoms with Gasteiger partial charge in [-0.25, -0.2) is 9.78 Å². The first-order chi connectivity index (χ1) is 16.9. The Kier molecular flexibility index (Phi) is 7.05. The van der Waals surface area contributed by atoms with Gasteiger partial charge >= 0.3 is 11.0 Å². The first-order valence-corrected chi connectivity index (χ1v) is 12.5. The summed E-state index contributed by atoms with van der Waals surface area (Å²) in [5, 5.41) is 31.0. The lowest BCUT2D eigenvalue weighted by Crippen LogP contribution is -2.26. The number of nitrogens with two attached hydrogens (primary N) is 1. The third kappa shape index (κ3) is 4.71. The number of nitriles is 2. The zero-order valence-electron chi connectivity index (χ0n) is 18.6. The van der Waals surface area contributed by atoms with Crippen LogP contribution in [0.3, 0.4) is 0 Å². The van der Waals surface area contributed by atoms with Gasteiger partial charge in [-0.1, -0.05) is 23.1 Å². The fraction of sp³-hybridized carbons (Fsp3) is 0.304. The van der Waals surface area contributed by atoms with E-state index in [1.165, 1.54) is 23.9 Å². The highest BCUT2D eigenvalue weighted by atomic mass is 32.2. The molecule has 0 fully saturated rings. The molecule has 2 aliphatic rings. The molecule has 0 radical (unpaired) electrons. The first-order valence-electron chi connectivity index (χ1n) is 10.6. The molecule has 1 unspecified atom stereocenters. The van der Waals surface area contributed by atoms with Crippen LogP contribution in [0.1, 0.15) is 41.0 Å². The van der Waals surface area contributed by atoms with Crippen molar-refractivity contribution in [3.8, 4) is 12.1 Å². The molecule has 0 amide bonds. The Hall–Kier alpha value is -3.87.